The van der Waals surface area contributed by atoms with Crippen molar-refractivity contribution in [2.75, 3.05) is 19.6 Å². The molecule has 0 heterocycles. The van der Waals surface area contributed by atoms with E-state index in [-0.39, 0.29) is 11.7 Å². The molecule has 0 radical (unpaired) electrons. The van der Waals surface area contributed by atoms with Crippen molar-refractivity contribution >= 4 is 0 Å². The molecule has 17 heavy (non-hydrogen) atoms. The second-order valence-electron chi connectivity index (χ2n) is 4.18. The fourth-order valence-electron chi connectivity index (χ4n) is 1.85. The van der Waals surface area contributed by atoms with Gasteiger partial charge in [0.25, 0.3) is 0 Å². The van der Waals surface area contributed by atoms with E-state index in [1.165, 1.54) is 6.07 Å². The Balaban J connectivity index is 2.87. The van der Waals surface area contributed by atoms with Crippen molar-refractivity contribution in [1.29, 1.82) is 5.26 Å². The highest BCUT2D eigenvalue weighted by atomic mass is 19.1. The molecule has 1 aromatic carbocycles. The largest absolute Gasteiger partial charge is 0.302 e. The maximum absolute atomic E-state index is 13.2. The summed E-state index contributed by atoms with van der Waals surface area (Å²) < 4.78 is 13.2. The molecule has 0 saturated heterocycles. The SMILES string of the molecule is CCN(CC)CC(C#N)c1ccc(F)c(C)c1. The van der Waals surface area contributed by atoms with Gasteiger partial charge in [0.05, 0.1) is 12.0 Å². The summed E-state index contributed by atoms with van der Waals surface area (Å²) in [5.41, 5.74) is 1.50. The normalized spacial score (nSPS) is 12.5. The van der Waals surface area contributed by atoms with Crippen LogP contribution < -0.4 is 0 Å². The molecule has 92 valence electrons. The van der Waals surface area contributed by atoms with Crippen molar-refractivity contribution in [3.63, 3.8) is 0 Å². The smallest absolute Gasteiger partial charge is 0.126 e. The zero-order chi connectivity index (χ0) is 12.8. The fraction of sp³-hybridized carbons (Fsp3) is 0.500. The minimum Gasteiger partial charge on any atom is -0.302 e. The summed E-state index contributed by atoms with van der Waals surface area (Å²) in [5, 5.41) is 9.21. The summed E-state index contributed by atoms with van der Waals surface area (Å²) >= 11 is 0. The molecule has 1 rings (SSSR count). The first kappa shape index (κ1) is 13.7. The molecule has 0 aliphatic carbocycles. The van der Waals surface area contributed by atoms with Crippen LogP contribution in [0.25, 0.3) is 0 Å². The first-order valence-corrected chi connectivity index (χ1v) is 6.00. The summed E-state index contributed by atoms with van der Waals surface area (Å²) in [5.74, 6) is -0.400. The van der Waals surface area contributed by atoms with Gasteiger partial charge in [0.15, 0.2) is 0 Å². The molecule has 0 bridgehead atoms. The molecule has 1 aromatic rings. The predicted octanol–water partition coefficient (Wildman–Crippen LogP) is 3.08. The van der Waals surface area contributed by atoms with Gasteiger partial charge in [-0.05, 0) is 37.2 Å². The van der Waals surface area contributed by atoms with Gasteiger partial charge in [0.2, 0.25) is 0 Å². The van der Waals surface area contributed by atoms with Crippen LogP contribution in [-0.4, -0.2) is 24.5 Å². The second kappa shape index (κ2) is 6.36. The van der Waals surface area contributed by atoms with Crippen LogP contribution in [0.15, 0.2) is 18.2 Å². The van der Waals surface area contributed by atoms with E-state index in [0.29, 0.717) is 12.1 Å². The lowest BCUT2D eigenvalue weighted by Crippen LogP contribution is -2.27. The zero-order valence-corrected chi connectivity index (χ0v) is 10.7. The van der Waals surface area contributed by atoms with Crippen molar-refractivity contribution in [1.82, 2.24) is 4.90 Å². The molecule has 3 heteroatoms. The van der Waals surface area contributed by atoms with Gasteiger partial charge in [0.1, 0.15) is 5.82 Å². The molecule has 1 atom stereocenters. The van der Waals surface area contributed by atoms with Gasteiger partial charge in [-0.3, -0.25) is 0 Å². The van der Waals surface area contributed by atoms with Crippen LogP contribution in [0.5, 0.6) is 0 Å². The van der Waals surface area contributed by atoms with Gasteiger partial charge in [0, 0.05) is 6.54 Å². The van der Waals surface area contributed by atoms with Crippen LogP contribution in [0.1, 0.15) is 30.9 Å². The van der Waals surface area contributed by atoms with E-state index in [2.05, 4.69) is 24.8 Å². The van der Waals surface area contributed by atoms with E-state index in [4.69, 9.17) is 0 Å². The fourth-order valence-corrected chi connectivity index (χ4v) is 1.85. The summed E-state index contributed by atoms with van der Waals surface area (Å²) in [4.78, 5) is 2.20. The topological polar surface area (TPSA) is 27.0 Å². The van der Waals surface area contributed by atoms with Crippen LogP contribution in [0.4, 0.5) is 4.39 Å². The van der Waals surface area contributed by atoms with Gasteiger partial charge in [-0.2, -0.15) is 5.26 Å². The van der Waals surface area contributed by atoms with Crippen LogP contribution in [-0.2, 0) is 0 Å². The average Bonchev–Trinajstić information content (AvgIpc) is 2.35. The Morgan fingerprint density at radius 1 is 1.35 bits per heavy atom. The molecular weight excluding hydrogens is 215 g/mol. The molecular formula is C14H19FN2. The quantitative estimate of drug-likeness (QED) is 0.782. The minimum atomic E-state index is -0.215. The Hall–Kier alpha value is -1.40. The highest BCUT2D eigenvalue weighted by Crippen LogP contribution is 2.19. The zero-order valence-electron chi connectivity index (χ0n) is 10.7. The molecule has 0 N–H and O–H groups in total. The van der Waals surface area contributed by atoms with E-state index >= 15 is 0 Å². The molecule has 0 amide bonds. The Bertz CT molecular complexity index is 405. The lowest BCUT2D eigenvalue weighted by atomic mass is 9.98. The third-order valence-electron chi connectivity index (χ3n) is 3.08. The molecule has 2 nitrogen and oxygen atoms in total. The molecule has 1 unspecified atom stereocenters. The number of likely N-dealkylation sites (N-methyl/N-ethyl adjacent to an activating group) is 1. The van der Waals surface area contributed by atoms with Crippen molar-refractivity contribution in [3.8, 4) is 6.07 Å². The van der Waals surface area contributed by atoms with Crippen LogP contribution in [0, 0.1) is 24.1 Å². The summed E-state index contributed by atoms with van der Waals surface area (Å²) in [6.45, 7) is 8.44. The van der Waals surface area contributed by atoms with Crippen molar-refractivity contribution in [2.45, 2.75) is 26.7 Å². The maximum atomic E-state index is 13.2. The number of hydrogen-bond acceptors (Lipinski definition) is 2. The number of halogens is 1. The monoisotopic (exact) mass is 234 g/mol. The van der Waals surface area contributed by atoms with E-state index in [1.54, 1.807) is 19.1 Å². The van der Waals surface area contributed by atoms with E-state index in [9.17, 15) is 9.65 Å². The number of benzene rings is 1. The summed E-state index contributed by atoms with van der Waals surface area (Å²) in [6.07, 6.45) is 0. The molecule has 0 aliphatic rings. The first-order valence-electron chi connectivity index (χ1n) is 6.00. The van der Waals surface area contributed by atoms with Gasteiger partial charge < -0.3 is 4.90 Å². The number of nitriles is 1. The Morgan fingerprint density at radius 2 is 2.00 bits per heavy atom. The van der Waals surface area contributed by atoms with Gasteiger partial charge in [-0.1, -0.05) is 26.0 Å². The third kappa shape index (κ3) is 3.54. The van der Waals surface area contributed by atoms with Crippen molar-refractivity contribution < 1.29 is 4.39 Å². The summed E-state index contributed by atoms with van der Waals surface area (Å²) in [7, 11) is 0. The molecule has 0 saturated carbocycles. The van der Waals surface area contributed by atoms with E-state index in [1.807, 2.05) is 0 Å². The van der Waals surface area contributed by atoms with Crippen molar-refractivity contribution in [2.24, 2.45) is 0 Å². The minimum absolute atomic E-state index is 0.186. The lowest BCUT2D eigenvalue weighted by molar-refractivity contribution is 0.298. The molecule has 0 aromatic heterocycles. The Kier molecular flexibility index (Phi) is 5.11. The highest BCUT2D eigenvalue weighted by Gasteiger charge is 2.14. The predicted molar refractivity (Wildman–Crippen MR) is 67.3 cm³/mol. The first-order chi connectivity index (χ1) is 8.12. The summed E-state index contributed by atoms with van der Waals surface area (Å²) in [6, 6.07) is 7.22. The number of aryl methyl sites for hydroxylation is 1. The van der Waals surface area contributed by atoms with Gasteiger partial charge in [-0.25, -0.2) is 4.39 Å². The average molecular weight is 234 g/mol. The molecule has 0 fully saturated rings. The second-order valence-corrected chi connectivity index (χ2v) is 4.18. The maximum Gasteiger partial charge on any atom is 0.126 e. The molecule has 0 aliphatic heterocycles. The number of rotatable bonds is 5. The third-order valence-corrected chi connectivity index (χ3v) is 3.08. The van der Waals surface area contributed by atoms with Crippen LogP contribution in [0.2, 0.25) is 0 Å². The highest BCUT2D eigenvalue weighted by molar-refractivity contribution is 5.30. The number of nitrogens with zero attached hydrogens (tertiary/aromatic N) is 2. The molecule has 0 spiro atoms. The van der Waals surface area contributed by atoms with Crippen LogP contribution in [0.3, 0.4) is 0 Å². The van der Waals surface area contributed by atoms with E-state index < -0.39 is 0 Å². The Labute approximate surface area is 103 Å². The number of hydrogen-bond donors (Lipinski definition) is 0. The Morgan fingerprint density at radius 3 is 2.47 bits per heavy atom. The van der Waals surface area contributed by atoms with Crippen LogP contribution >= 0.6 is 0 Å². The lowest BCUT2D eigenvalue weighted by Gasteiger charge is -2.21. The van der Waals surface area contributed by atoms with Gasteiger partial charge in [-0.15, -0.1) is 0 Å². The van der Waals surface area contributed by atoms with E-state index in [0.717, 1.165) is 18.7 Å². The van der Waals surface area contributed by atoms with Gasteiger partial charge >= 0.3 is 0 Å². The standard InChI is InChI=1S/C14H19FN2/c1-4-17(5-2)10-13(9-16)12-6-7-14(15)11(3)8-12/h6-8,13H,4-5,10H2,1-3H3. The van der Waals surface area contributed by atoms with Crippen molar-refractivity contribution in [3.05, 3.63) is 35.1 Å².